The molecule has 4 heteroatoms. The number of nitrogens with one attached hydrogen (secondary N) is 1. The van der Waals surface area contributed by atoms with E-state index in [0.29, 0.717) is 12.1 Å². The van der Waals surface area contributed by atoms with Crippen LogP contribution in [0.3, 0.4) is 0 Å². The molecule has 1 N–H and O–H groups in total. The third kappa shape index (κ3) is 3.06. The first kappa shape index (κ1) is 13.0. The van der Waals surface area contributed by atoms with Crippen LogP contribution in [0.2, 0.25) is 0 Å². The smallest absolute Gasteiger partial charge is 0.0900 e. The fraction of sp³-hybridized carbons (Fsp3) is 0.769. The molecule has 0 aromatic carbocycles. The van der Waals surface area contributed by atoms with Crippen molar-refractivity contribution in [3.05, 3.63) is 15.6 Å². The van der Waals surface area contributed by atoms with Crippen molar-refractivity contribution in [1.29, 1.82) is 0 Å². The molecule has 1 fully saturated rings. The molecule has 1 saturated heterocycles. The number of rotatable bonds is 4. The highest BCUT2D eigenvalue weighted by Gasteiger charge is 2.21. The molecule has 2 rings (SSSR count). The van der Waals surface area contributed by atoms with E-state index in [2.05, 4.69) is 43.0 Å². The first-order chi connectivity index (χ1) is 8.08. The Labute approximate surface area is 108 Å². The highest BCUT2D eigenvalue weighted by atomic mass is 32.1. The number of aryl methyl sites for hydroxylation is 2. The van der Waals surface area contributed by atoms with Crippen molar-refractivity contribution in [1.82, 2.24) is 15.2 Å². The minimum absolute atomic E-state index is 0.426. The summed E-state index contributed by atoms with van der Waals surface area (Å²) < 4.78 is 0. The van der Waals surface area contributed by atoms with Gasteiger partial charge in [0, 0.05) is 23.5 Å². The molecule has 1 aromatic rings. The predicted octanol–water partition coefficient (Wildman–Crippen LogP) is 2.50. The highest BCUT2D eigenvalue weighted by molar-refractivity contribution is 7.11. The van der Waals surface area contributed by atoms with Crippen LogP contribution >= 0.6 is 11.3 Å². The van der Waals surface area contributed by atoms with Crippen molar-refractivity contribution in [3.8, 4) is 0 Å². The minimum atomic E-state index is 0.426. The zero-order valence-corrected chi connectivity index (χ0v) is 12.1. The van der Waals surface area contributed by atoms with Crippen LogP contribution in [-0.2, 0) is 0 Å². The summed E-state index contributed by atoms with van der Waals surface area (Å²) in [4.78, 5) is 8.35. The fourth-order valence-corrected chi connectivity index (χ4v) is 3.55. The predicted molar refractivity (Wildman–Crippen MR) is 73.7 cm³/mol. The number of nitrogens with zero attached hydrogens (tertiary/aromatic N) is 2. The zero-order valence-electron chi connectivity index (χ0n) is 11.3. The third-order valence-corrected chi connectivity index (χ3v) is 4.92. The van der Waals surface area contributed by atoms with Gasteiger partial charge in [0.05, 0.1) is 10.7 Å². The van der Waals surface area contributed by atoms with E-state index in [1.54, 1.807) is 0 Å². The first-order valence-corrected chi connectivity index (χ1v) is 7.27. The molecule has 0 saturated carbocycles. The molecule has 2 unspecified atom stereocenters. The minimum Gasteiger partial charge on any atom is -0.308 e. The lowest BCUT2D eigenvalue weighted by atomic mass is 10.2. The van der Waals surface area contributed by atoms with Gasteiger partial charge in [-0.25, -0.2) is 4.98 Å². The topological polar surface area (TPSA) is 28.2 Å². The van der Waals surface area contributed by atoms with Gasteiger partial charge in [-0.1, -0.05) is 0 Å². The number of hydrogen-bond donors (Lipinski definition) is 1. The summed E-state index contributed by atoms with van der Waals surface area (Å²) in [5, 5.41) is 4.82. The number of thiazole rings is 1. The van der Waals surface area contributed by atoms with Crippen LogP contribution in [0.4, 0.5) is 0 Å². The van der Waals surface area contributed by atoms with Crippen LogP contribution in [0.5, 0.6) is 0 Å². The second-order valence-corrected chi connectivity index (χ2v) is 6.32. The fourth-order valence-electron chi connectivity index (χ4n) is 2.59. The molecule has 2 atom stereocenters. The molecule has 1 aliphatic heterocycles. The molecule has 1 aliphatic rings. The van der Waals surface area contributed by atoms with E-state index in [9.17, 15) is 0 Å². The molecule has 96 valence electrons. The van der Waals surface area contributed by atoms with Crippen LogP contribution < -0.4 is 5.32 Å². The molecule has 0 aliphatic carbocycles. The van der Waals surface area contributed by atoms with Crippen molar-refractivity contribution < 1.29 is 0 Å². The van der Waals surface area contributed by atoms with E-state index in [1.807, 2.05) is 11.3 Å². The van der Waals surface area contributed by atoms with Gasteiger partial charge in [-0.05, 0) is 47.2 Å². The Balaban J connectivity index is 1.88. The standard InChI is InChI=1S/C13H23N3S/c1-9(13-10(2)15-11(3)17-13)14-8-12-6-5-7-16(12)4/h9,12,14H,5-8H2,1-4H3. The van der Waals surface area contributed by atoms with Gasteiger partial charge in [-0.3, -0.25) is 0 Å². The third-order valence-electron chi connectivity index (χ3n) is 3.66. The summed E-state index contributed by atoms with van der Waals surface area (Å²) in [7, 11) is 2.23. The summed E-state index contributed by atoms with van der Waals surface area (Å²) in [6, 6.07) is 1.14. The Kier molecular flexibility index (Phi) is 4.17. The van der Waals surface area contributed by atoms with E-state index in [1.165, 1.54) is 35.0 Å². The Hall–Kier alpha value is -0.450. The van der Waals surface area contributed by atoms with Gasteiger partial charge in [0.1, 0.15) is 0 Å². The molecule has 17 heavy (non-hydrogen) atoms. The lowest BCUT2D eigenvalue weighted by molar-refractivity contribution is 0.294. The van der Waals surface area contributed by atoms with Gasteiger partial charge in [0.25, 0.3) is 0 Å². The summed E-state index contributed by atoms with van der Waals surface area (Å²) >= 11 is 1.82. The van der Waals surface area contributed by atoms with Crippen molar-refractivity contribution >= 4 is 11.3 Å². The molecular weight excluding hydrogens is 230 g/mol. The van der Waals surface area contributed by atoms with E-state index in [0.717, 1.165) is 6.54 Å². The normalized spacial score (nSPS) is 23.2. The molecule has 0 radical (unpaired) electrons. The SMILES string of the molecule is Cc1nc(C)c(C(C)NCC2CCCN2C)s1. The Morgan fingerprint density at radius 2 is 2.29 bits per heavy atom. The van der Waals surface area contributed by atoms with E-state index < -0.39 is 0 Å². The maximum Gasteiger partial charge on any atom is 0.0900 e. The molecule has 0 spiro atoms. The van der Waals surface area contributed by atoms with Gasteiger partial charge >= 0.3 is 0 Å². The molecule has 0 amide bonds. The number of likely N-dealkylation sites (tertiary alicyclic amines) is 1. The Bertz CT molecular complexity index is 375. The summed E-state index contributed by atoms with van der Waals surface area (Å²) in [6.45, 7) is 8.78. The zero-order chi connectivity index (χ0) is 12.4. The lowest BCUT2D eigenvalue weighted by Crippen LogP contribution is -2.36. The second kappa shape index (κ2) is 5.46. The van der Waals surface area contributed by atoms with Gasteiger partial charge in [-0.15, -0.1) is 11.3 Å². The van der Waals surface area contributed by atoms with Crippen LogP contribution in [-0.4, -0.2) is 36.1 Å². The van der Waals surface area contributed by atoms with E-state index in [4.69, 9.17) is 0 Å². The quantitative estimate of drug-likeness (QED) is 0.893. The van der Waals surface area contributed by atoms with E-state index >= 15 is 0 Å². The summed E-state index contributed by atoms with van der Waals surface area (Å²) in [5.74, 6) is 0. The van der Waals surface area contributed by atoms with Crippen molar-refractivity contribution in [2.45, 2.75) is 45.7 Å². The number of aromatic nitrogens is 1. The number of hydrogen-bond acceptors (Lipinski definition) is 4. The number of likely N-dealkylation sites (N-methyl/N-ethyl adjacent to an activating group) is 1. The highest BCUT2D eigenvalue weighted by Crippen LogP contribution is 2.24. The van der Waals surface area contributed by atoms with Crippen LogP contribution in [0.15, 0.2) is 0 Å². The van der Waals surface area contributed by atoms with Gasteiger partial charge in [-0.2, -0.15) is 0 Å². The molecule has 3 nitrogen and oxygen atoms in total. The monoisotopic (exact) mass is 253 g/mol. The van der Waals surface area contributed by atoms with Crippen molar-refractivity contribution in [2.24, 2.45) is 0 Å². The maximum atomic E-state index is 4.49. The van der Waals surface area contributed by atoms with Gasteiger partial charge in [0.15, 0.2) is 0 Å². The summed E-state index contributed by atoms with van der Waals surface area (Å²) in [6.07, 6.45) is 2.67. The van der Waals surface area contributed by atoms with Crippen LogP contribution in [0.1, 0.15) is 41.4 Å². The largest absolute Gasteiger partial charge is 0.308 e. The van der Waals surface area contributed by atoms with Crippen LogP contribution in [0.25, 0.3) is 0 Å². The second-order valence-electron chi connectivity index (χ2n) is 5.09. The molecule has 0 bridgehead atoms. The molecular formula is C13H23N3S. The Morgan fingerprint density at radius 3 is 2.82 bits per heavy atom. The molecule has 2 heterocycles. The first-order valence-electron chi connectivity index (χ1n) is 6.45. The van der Waals surface area contributed by atoms with Gasteiger partial charge < -0.3 is 10.2 Å². The van der Waals surface area contributed by atoms with Crippen molar-refractivity contribution in [3.63, 3.8) is 0 Å². The maximum absolute atomic E-state index is 4.49. The van der Waals surface area contributed by atoms with E-state index in [-0.39, 0.29) is 0 Å². The average Bonchev–Trinajstić information content (AvgIpc) is 2.81. The summed E-state index contributed by atoms with van der Waals surface area (Å²) in [5.41, 5.74) is 1.19. The van der Waals surface area contributed by atoms with Crippen molar-refractivity contribution in [2.75, 3.05) is 20.1 Å². The van der Waals surface area contributed by atoms with Gasteiger partial charge in [0.2, 0.25) is 0 Å². The lowest BCUT2D eigenvalue weighted by Gasteiger charge is -2.22. The average molecular weight is 253 g/mol. The molecule has 1 aromatic heterocycles. The Morgan fingerprint density at radius 1 is 1.53 bits per heavy atom. The van der Waals surface area contributed by atoms with Crippen LogP contribution in [0, 0.1) is 13.8 Å².